The van der Waals surface area contributed by atoms with E-state index in [1.54, 1.807) is 24.3 Å². The molecule has 5 heteroatoms. The maximum absolute atomic E-state index is 12.3. The molecule has 1 aliphatic heterocycles. The van der Waals surface area contributed by atoms with Crippen LogP contribution in [-0.2, 0) is 4.79 Å². The Morgan fingerprint density at radius 2 is 1.55 bits per heavy atom. The summed E-state index contributed by atoms with van der Waals surface area (Å²) in [7, 11) is 2.01. The lowest BCUT2D eigenvalue weighted by atomic mass is 9.91. The molecule has 1 aromatic carbocycles. The number of aliphatic hydroxyl groups excluding tert-OH is 1. The number of hydrogen-bond acceptors (Lipinski definition) is 5. The van der Waals surface area contributed by atoms with Crippen LogP contribution >= 0.6 is 0 Å². The lowest BCUT2D eigenvalue weighted by Gasteiger charge is -2.36. The molecular formula is C15H16N2O3. The Hall–Kier alpha value is -2.14. The zero-order valence-electron chi connectivity index (χ0n) is 11.3. The number of benzene rings is 1. The highest BCUT2D eigenvalue weighted by Crippen LogP contribution is 2.29. The van der Waals surface area contributed by atoms with Crippen molar-refractivity contribution in [3.8, 4) is 0 Å². The molecule has 0 radical (unpaired) electrons. The molecule has 1 heterocycles. The van der Waals surface area contributed by atoms with E-state index in [1.165, 1.54) is 0 Å². The molecule has 1 aromatic rings. The van der Waals surface area contributed by atoms with Crippen molar-refractivity contribution in [2.45, 2.75) is 0 Å². The Bertz CT molecular complexity index is 613. The highest BCUT2D eigenvalue weighted by Gasteiger charge is 2.36. The van der Waals surface area contributed by atoms with Gasteiger partial charge in [0.2, 0.25) is 5.78 Å². The van der Waals surface area contributed by atoms with Gasteiger partial charge in [-0.05, 0) is 7.05 Å². The molecule has 3 rings (SSSR count). The fourth-order valence-electron chi connectivity index (χ4n) is 2.68. The molecule has 1 fully saturated rings. The number of allylic oxidation sites excluding steroid dienone is 1. The first-order valence-corrected chi connectivity index (χ1v) is 6.64. The lowest BCUT2D eigenvalue weighted by molar-refractivity contribution is -0.113. The second-order valence-corrected chi connectivity index (χ2v) is 5.19. The van der Waals surface area contributed by atoms with E-state index in [9.17, 15) is 14.7 Å². The number of carbonyl (C=O) groups excluding carboxylic acids is 2. The van der Waals surface area contributed by atoms with Gasteiger partial charge in [0.05, 0.1) is 0 Å². The average molecular weight is 272 g/mol. The molecular weight excluding hydrogens is 256 g/mol. The van der Waals surface area contributed by atoms with Gasteiger partial charge in [-0.3, -0.25) is 9.59 Å². The molecule has 0 spiro atoms. The molecule has 5 nitrogen and oxygen atoms in total. The number of likely N-dealkylation sites (N-methyl/N-ethyl adjacent to an activating group) is 1. The number of fused-ring (bicyclic) bond motifs is 1. The van der Waals surface area contributed by atoms with E-state index in [4.69, 9.17) is 0 Å². The zero-order valence-corrected chi connectivity index (χ0v) is 11.3. The van der Waals surface area contributed by atoms with Crippen LogP contribution in [0.4, 0.5) is 0 Å². The Morgan fingerprint density at radius 1 is 0.950 bits per heavy atom. The van der Waals surface area contributed by atoms with Crippen LogP contribution in [0.2, 0.25) is 0 Å². The van der Waals surface area contributed by atoms with Gasteiger partial charge in [-0.25, -0.2) is 0 Å². The number of nitrogens with zero attached hydrogens (tertiary/aromatic N) is 2. The number of aliphatic hydroxyl groups is 1. The van der Waals surface area contributed by atoms with Gasteiger partial charge < -0.3 is 14.9 Å². The summed E-state index contributed by atoms with van der Waals surface area (Å²) in [5.74, 6) is -1.21. The number of ketones is 2. The molecule has 0 saturated carbocycles. The molecule has 0 aromatic heterocycles. The van der Waals surface area contributed by atoms with Gasteiger partial charge in [0.25, 0.3) is 5.78 Å². The van der Waals surface area contributed by atoms with Crippen molar-refractivity contribution >= 4 is 17.3 Å². The third kappa shape index (κ3) is 1.91. The summed E-state index contributed by atoms with van der Waals surface area (Å²) in [5, 5.41) is 10.4. The molecule has 1 N–H and O–H groups in total. The second kappa shape index (κ2) is 4.76. The molecule has 104 valence electrons. The Balaban J connectivity index is 2.05. The summed E-state index contributed by atoms with van der Waals surface area (Å²) in [6.45, 7) is 2.88. The van der Waals surface area contributed by atoms with Crippen molar-refractivity contribution in [3.63, 3.8) is 0 Å². The van der Waals surface area contributed by atoms with Crippen LogP contribution in [0, 0.1) is 0 Å². The predicted octanol–water partition coefficient (Wildman–Crippen LogP) is 0.926. The fraction of sp³-hybridized carbons (Fsp3) is 0.333. The molecule has 0 atom stereocenters. The van der Waals surface area contributed by atoms with Crippen LogP contribution in [0.1, 0.15) is 15.9 Å². The number of piperazine rings is 1. The Kier molecular flexibility index (Phi) is 3.06. The van der Waals surface area contributed by atoms with Gasteiger partial charge in [0.15, 0.2) is 5.76 Å². The van der Waals surface area contributed by atoms with Crippen molar-refractivity contribution in [1.82, 2.24) is 9.80 Å². The second-order valence-electron chi connectivity index (χ2n) is 5.19. The summed E-state index contributed by atoms with van der Waals surface area (Å²) < 4.78 is 0. The predicted molar refractivity (Wildman–Crippen MR) is 74.4 cm³/mol. The minimum absolute atomic E-state index is 0.0743. The summed E-state index contributed by atoms with van der Waals surface area (Å²) in [5.41, 5.74) is 0.890. The van der Waals surface area contributed by atoms with E-state index in [1.807, 2.05) is 11.9 Å². The molecule has 0 bridgehead atoms. The van der Waals surface area contributed by atoms with Crippen molar-refractivity contribution in [3.05, 3.63) is 41.1 Å². The minimum Gasteiger partial charge on any atom is -0.505 e. The molecule has 1 saturated heterocycles. The summed E-state index contributed by atoms with van der Waals surface area (Å²) in [6, 6.07) is 6.69. The molecule has 2 aliphatic rings. The molecule has 20 heavy (non-hydrogen) atoms. The summed E-state index contributed by atoms with van der Waals surface area (Å²) in [4.78, 5) is 28.4. The normalized spacial score (nSPS) is 20.4. The molecule has 1 aliphatic carbocycles. The standard InChI is InChI=1S/C15H16N2O3/c1-16-6-8-17(9-7-16)12-13(18)10-4-2-3-5-11(10)14(19)15(12)20/h2-5,18H,6-9H2,1H3. The van der Waals surface area contributed by atoms with Gasteiger partial charge >= 0.3 is 0 Å². The van der Waals surface area contributed by atoms with Gasteiger partial charge in [-0.2, -0.15) is 0 Å². The minimum atomic E-state index is -0.606. The van der Waals surface area contributed by atoms with Crippen molar-refractivity contribution in [2.75, 3.05) is 33.2 Å². The first-order valence-electron chi connectivity index (χ1n) is 6.64. The summed E-state index contributed by atoms with van der Waals surface area (Å²) in [6.07, 6.45) is 0. The van der Waals surface area contributed by atoms with Crippen LogP contribution in [0.25, 0.3) is 5.76 Å². The van der Waals surface area contributed by atoms with Crippen LogP contribution in [0.3, 0.4) is 0 Å². The van der Waals surface area contributed by atoms with E-state index in [0.717, 1.165) is 13.1 Å². The van der Waals surface area contributed by atoms with Gasteiger partial charge in [-0.1, -0.05) is 24.3 Å². The van der Waals surface area contributed by atoms with Crippen molar-refractivity contribution in [1.29, 1.82) is 0 Å². The van der Waals surface area contributed by atoms with Gasteiger partial charge in [0.1, 0.15) is 5.70 Å². The van der Waals surface area contributed by atoms with Gasteiger partial charge in [-0.15, -0.1) is 0 Å². The van der Waals surface area contributed by atoms with Gasteiger partial charge in [0, 0.05) is 37.3 Å². The fourth-order valence-corrected chi connectivity index (χ4v) is 2.68. The lowest BCUT2D eigenvalue weighted by Crippen LogP contribution is -2.47. The third-order valence-corrected chi connectivity index (χ3v) is 3.89. The first-order chi connectivity index (χ1) is 9.59. The maximum atomic E-state index is 12.3. The number of Topliss-reactive ketones (excluding diaryl/α,β-unsaturated/α-hetero) is 2. The van der Waals surface area contributed by atoms with E-state index in [2.05, 4.69) is 4.90 Å². The SMILES string of the molecule is CN1CCN(C2=C(O)c3ccccc3C(=O)C2=O)CC1. The maximum Gasteiger partial charge on any atom is 0.253 e. The largest absolute Gasteiger partial charge is 0.505 e. The smallest absolute Gasteiger partial charge is 0.253 e. The number of rotatable bonds is 1. The summed E-state index contributed by atoms with van der Waals surface area (Å²) >= 11 is 0. The van der Waals surface area contributed by atoms with E-state index in [-0.39, 0.29) is 17.0 Å². The topological polar surface area (TPSA) is 60.9 Å². The van der Waals surface area contributed by atoms with Crippen molar-refractivity contribution in [2.24, 2.45) is 0 Å². The van der Waals surface area contributed by atoms with Crippen LogP contribution in [0.5, 0.6) is 0 Å². The zero-order chi connectivity index (χ0) is 14.3. The van der Waals surface area contributed by atoms with Crippen LogP contribution < -0.4 is 0 Å². The number of carbonyl (C=O) groups is 2. The average Bonchev–Trinajstić information content (AvgIpc) is 2.47. The monoisotopic (exact) mass is 272 g/mol. The Labute approximate surface area is 117 Å². The van der Waals surface area contributed by atoms with E-state index < -0.39 is 11.6 Å². The van der Waals surface area contributed by atoms with Crippen LogP contribution in [0.15, 0.2) is 30.0 Å². The van der Waals surface area contributed by atoms with E-state index >= 15 is 0 Å². The Morgan fingerprint density at radius 3 is 2.20 bits per heavy atom. The molecule has 0 amide bonds. The van der Waals surface area contributed by atoms with Crippen molar-refractivity contribution < 1.29 is 14.7 Å². The number of hydrogen-bond donors (Lipinski definition) is 1. The van der Waals surface area contributed by atoms with E-state index in [0.29, 0.717) is 18.7 Å². The quantitative estimate of drug-likeness (QED) is 0.771. The highest BCUT2D eigenvalue weighted by atomic mass is 16.3. The highest BCUT2D eigenvalue weighted by molar-refractivity contribution is 6.52. The van der Waals surface area contributed by atoms with Crippen LogP contribution in [-0.4, -0.2) is 59.7 Å². The third-order valence-electron chi connectivity index (χ3n) is 3.89. The molecule has 0 unspecified atom stereocenters. The first kappa shape index (κ1) is 12.9.